The normalized spacial score (nSPS) is 12.6. The lowest BCUT2D eigenvalue weighted by Gasteiger charge is -2.00. The molecular formula is C26H22N4. The topological polar surface area (TPSA) is 57.4 Å². The first kappa shape index (κ1) is 18.6. The number of fused-ring (bicyclic) bond motifs is 8. The van der Waals surface area contributed by atoms with Gasteiger partial charge in [0.05, 0.1) is 22.8 Å². The Morgan fingerprint density at radius 1 is 0.633 bits per heavy atom. The molecule has 3 aromatic rings. The zero-order valence-corrected chi connectivity index (χ0v) is 16.7. The van der Waals surface area contributed by atoms with Gasteiger partial charge < -0.3 is 9.97 Å². The van der Waals surface area contributed by atoms with E-state index in [9.17, 15) is 0 Å². The first-order valence-electron chi connectivity index (χ1n) is 10.2. The number of nitrogens with one attached hydrogen (secondary N) is 2. The monoisotopic (exact) mass is 390 g/mol. The van der Waals surface area contributed by atoms with E-state index in [0.29, 0.717) is 12.8 Å². The van der Waals surface area contributed by atoms with Crippen LogP contribution < -0.4 is 0 Å². The van der Waals surface area contributed by atoms with Crippen molar-refractivity contribution in [1.82, 2.24) is 19.9 Å². The fraction of sp³-hybridized carbons (Fsp3) is 0.154. The van der Waals surface area contributed by atoms with E-state index < -0.39 is 0 Å². The third-order valence-electron chi connectivity index (χ3n) is 5.40. The second-order valence-corrected chi connectivity index (χ2v) is 7.49. The SMILES string of the molecule is [CH]CCc1c2nc(cc3ccc([nH]3)c(CC[CH])c3nc(cc4ccc1[nH]4)C=C3)C=C2. The van der Waals surface area contributed by atoms with E-state index in [4.69, 9.17) is 23.8 Å². The van der Waals surface area contributed by atoms with Crippen molar-refractivity contribution in [3.63, 3.8) is 0 Å². The Bertz CT molecular complexity index is 1210. The maximum atomic E-state index is 5.89. The van der Waals surface area contributed by atoms with Crippen LogP contribution in [0, 0.1) is 13.8 Å². The second-order valence-electron chi connectivity index (χ2n) is 7.49. The molecule has 0 saturated heterocycles. The second kappa shape index (κ2) is 7.79. The standard InChI is InChI=1S/C26H22N4/c1-3-5-21-23-11-7-17(27-23)15-19-9-13-25(29-19)22(6-4-2)26-14-10-20(30-26)16-18-8-12-24(21)28-18/h1-2,7-16,27,30H,3-6H2. The largest absolute Gasteiger partial charge is 0.355 e. The van der Waals surface area contributed by atoms with E-state index in [1.54, 1.807) is 0 Å². The van der Waals surface area contributed by atoms with Crippen LogP contribution in [0.4, 0.5) is 0 Å². The summed E-state index contributed by atoms with van der Waals surface area (Å²) in [4.78, 5) is 16.7. The molecule has 2 N–H and O–H groups in total. The van der Waals surface area contributed by atoms with E-state index in [1.807, 2.05) is 12.2 Å². The van der Waals surface area contributed by atoms with Gasteiger partial charge in [-0.3, -0.25) is 0 Å². The Kier molecular flexibility index (Phi) is 4.83. The number of hydrogen-bond donors (Lipinski definition) is 2. The molecule has 0 aliphatic carbocycles. The molecule has 8 bridgehead atoms. The summed E-state index contributed by atoms with van der Waals surface area (Å²) in [5.41, 5.74) is 10.0. The minimum Gasteiger partial charge on any atom is -0.355 e. The molecule has 146 valence electrons. The third-order valence-corrected chi connectivity index (χ3v) is 5.40. The van der Waals surface area contributed by atoms with Crippen LogP contribution in [0.25, 0.3) is 46.4 Å². The van der Waals surface area contributed by atoms with Crippen molar-refractivity contribution in [3.05, 3.63) is 84.1 Å². The molecule has 0 unspecified atom stereocenters. The quantitative estimate of drug-likeness (QED) is 0.399. The Morgan fingerprint density at radius 2 is 1.10 bits per heavy atom. The van der Waals surface area contributed by atoms with E-state index in [1.165, 1.54) is 0 Å². The van der Waals surface area contributed by atoms with Crippen LogP contribution in [-0.2, 0) is 12.8 Å². The molecule has 5 rings (SSSR count). The summed E-state index contributed by atoms with van der Waals surface area (Å²) >= 11 is 0. The van der Waals surface area contributed by atoms with E-state index in [2.05, 4.69) is 58.5 Å². The van der Waals surface area contributed by atoms with Gasteiger partial charge in [-0.1, -0.05) is 0 Å². The Morgan fingerprint density at radius 3 is 1.53 bits per heavy atom. The molecule has 0 spiro atoms. The zero-order chi connectivity index (χ0) is 20.5. The Balaban J connectivity index is 1.86. The molecule has 2 aliphatic heterocycles. The average molecular weight is 390 g/mol. The maximum absolute atomic E-state index is 5.89. The van der Waals surface area contributed by atoms with Crippen LogP contribution in [0.3, 0.4) is 0 Å². The first-order chi connectivity index (χ1) is 14.7. The van der Waals surface area contributed by atoms with Gasteiger partial charge in [0.15, 0.2) is 0 Å². The number of hydrogen-bond acceptors (Lipinski definition) is 2. The molecule has 0 fully saturated rings. The molecule has 0 atom stereocenters. The molecular weight excluding hydrogens is 368 g/mol. The molecule has 2 aliphatic rings. The van der Waals surface area contributed by atoms with E-state index in [0.717, 1.165) is 68.8 Å². The number of rotatable bonds is 4. The highest BCUT2D eigenvalue weighted by atomic mass is 14.8. The van der Waals surface area contributed by atoms with E-state index in [-0.39, 0.29) is 0 Å². The molecule has 4 radical (unpaired) electrons. The van der Waals surface area contributed by atoms with Crippen LogP contribution >= 0.6 is 0 Å². The summed E-state index contributed by atoms with van der Waals surface area (Å²) < 4.78 is 0. The number of aryl methyl sites for hydroxylation is 2. The fourth-order valence-corrected chi connectivity index (χ4v) is 4.01. The van der Waals surface area contributed by atoms with Gasteiger partial charge in [-0.25, -0.2) is 9.97 Å². The van der Waals surface area contributed by atoms with Crippen LogP contribution in [0.2, 0.25) is 0 Å². The molecule has 0 amide bonds. The van der Waals surface area contributed by atoms with Gasteiger partial charge in [-0.2, -0.15) is 0 Å². The molecule has 5 heterocycles. The summed E-state index contributed by atoms with van der Waals surface area (Å²) in [6, 6.07) is 12.4. The maximum Gasteiger partial charge on any atom is 0.0690 e. The predicted octanol–water partition coefficient (Wildman–Crippen LogP) is 5.94. The number of aromatic nitrogens is 4. The molecule has 4 nitrogen and oxygen atoms in total. The molecule has 4 heteroatoms. The predicted molar refractivity (Wildman–Crippen MR) is 124 cm³/mol. The van der Waals surface area contributed by atoms with Crippen molar-refractivity contribution in [2.75, 3.05) is 0 Å². The van der Waals surface area contributed by atoms with Gasteiger partial charge >= 0.3 is 0 Å². The third kappa shape index (κ3) is 3.50. The molecule has 30 heavy (non-hydrogen) atoms. The summed E-state index contributed by atoms with van der Waals surface area (Å²) in [5, 5.41) is 0. The fourth-order valence-electron chi connectivity index (χ4n) is 4.01. The minimum absolute atomic E-state index is 0.562. The van der Waals surface area contributed by atoms with Gasteiger partial charge in [-0.05, 0) is 100 Å². The van der Waals surface area contributed by atoms with Crippen LogP contribution in [-0.4, -0.2) is 19.9 Å². The van der Waals surface area contributed by atoms with Crippen LogP contribution in [0.5, 0.6) is 0 Å². The van der Waals surface area contributed by atoms with Gasteiger partial charge in [0.25, 0.3) is 0 Å². The molecule has 3 aromatic heterocycles. The number of nitrogens with zero attached hydrogens (tertiary/aromatic N) is 2. The smallest absolute Gasteiger partial charge is 0.0690 e. The van der Waals surface area contributed by atoms with Gasteiger partial charge in [-0.15, -0.1) is 0 Å². The van der Waals surface area contributed by atoms with E-state index >= 15 is 0 Å². The molecule has 0 saturated carbocycles. The Hall–Kier alpha value is -3.40. The summed E-state index contributed by atoms with van der Waals surface area (Å²) in [6.45, 7) is 11.8. The molecule has 0 aromatic carbocycles. The van der Waals surface area contributed by atoms with Crippen LogP contribution in [0.1, 0.15) is 46.7 Å². The zero-order valence-electron chi connectivity index (χ0n) is 16.7. The first-order valence-corrected chi connectivity index (χ1v) is 10.2. The van der Waals surface area contributed by atoms with Crippen molar-refractivity contribution in [3.8, 4) is 0 Å². The van der Waals surface area contributed by atoms with Crippen LogP contribution in [0.15, 0.2) is 36.4 Å². The number of aromatic amines is 2. The van der Waals surface area contributed by atoms with Crippen molar-refractivity contribution in [1.29, 1.82) is 0 Å². The minimum atomic E-state index is 0.562. The summed E-state index contributed by atoms with van der Waals surface area (Å²) in [7, 11) is 0. The highest BCUT2D eigenvalue weighted by Crippen LogP contribution is 2.24. The highest BCUT2D eigenvalue weighted by molar-refractivity contribution is 5.80. The lowest BCUT2D eigenvalue weighted by Crippen LogP contribution is -1.90. The lowest BCUT2D eigenvalue weighted by molar-refractivity contribution is 0.991. The average Bonchev–Trinajstić information content (AvgIpc) is 3.53. The van der Waals surface area contributed by atoms with Crippen molar-refractivity contribution >= 4 is 46.4 Å². The van der Waals surface area contributed by atoms with Gasteiger partial charge in [0, 0.05) is 33.2 Å². The summed E-state index contributed by atoms with van der Waals surface area (Å²) in [5.74, 6) is 0. The summed E-state index contributed by atoms with van der Waals surface area (Å²) in [6.07, 6.45) is 10.8. The van der Waals surface area contributed by atoms with Gasteiger partial charge in [0.2, 0.25) is 0 Å². The van der Waals surface area contributed by atoms with Crippen molar-refractivity contribution < 1.29 is 0 Å². The highest BCUT2D eigenvalue weighted by Gasteiger charge is 2.10. The van der Waals surface area contributed by atoms with Gasteiger partial charge in [0.1, 0.15) is 0 Å². The Labute approximate surface area is 176 Å². The lowest BCUT2D eigenvalue weighted by atomic mass is 10.1. The number of H-pyrrole nitrogens is 2. The van der Waals surface area contributed by atoms with Crippen molar-refractivity contribution in [2.24, 2.45) is 0 Å². The van der Waals surface area contributed by atoms with Crippen molar-refractivity contribution in [2.45, 2.75) is 25.7 Å².